The van der Waals surface area contributed by atoms with E-state index in [0.29, 0.717) is 14.4 Å². The van der Waals surface area contributed by atoms with E-state index in [1.807, 2.05) is 24.3 Å². The molecule has 0 spiro atoms. The average molecular weight is 418 g/mol. The largest absolute Gasteiger partial charge is 0.281 e. The molecule has 1 N–H and O–H groups in total. The van der Waals surface area contributed by atoms with Gasteiger partial charge in [-0.3, -0.25) is 0 Å². The number of para-hydroxylation sites is 1. The van der Waals surface area contributed by atoms with Crippen molar-refractivity contribution in [1.82, 2.24) is 0 Å². The number of nitrogens with one attached hydrogen (secondary N) is 1. The molecule has 1 heterocycles. The second kappa shape index (κ2) is 15.4. The van der Waals surface area contributed by atoms with Crippen LogP contribution in [0.4, 0.5) is 15.9 Å². The van der Waals surface area contributed by atoms with E-state index in [9.17, 15) is 4.39 Å². The molecule has 2 aromatic rings. The van der Waals surface area contributed by atoms with Crippen LogP contribution < -0.4 is 9.65 Å². The number of pyridine rings is 1. The molecule has 0 radical (unpaired) electrons. The third kappa shape index (κ3) is 10.2. The monoisotopic (exact) mass is 417 g/mol. The third-order valence-electron chi connectivity index (χ3n) is 5.31. The first-order valence-electron chi connectivity index (χ1n) is 11.6. The summed E-state index contributed by atoms with van der Waals surface area (Å²) in [6.45, 7) is 2.28. The van der Waals surface area contributed by atoms with Crippen LogP contribution >= 0.6 is 8.73 Å². The fraction of sp³-hybridized carbons (Fsp3) is 0.560. The lowest BCUT2D eigenvalue weighted by Crippen LogP contribution is -2.27. The van der Waals surface area contributed by atoms with E-state index in [4.69, 9.17) is 0 Å². The Morgan fingerprint density at radius 3 is 2.00 bits per heavy atom. The summed E-state index contributed by atoms with van der Waals surface area (Å²) in [4.78, 5) is 0. The maximum absolute atomic E-state index is 13.9. The van der Waals surface area contributed by atoms with E-state index < -0.39 is 0 Å². The van der Waals surface area contributed by atoms with Crippen molar-refractivity contribution in [1.29, 1.82) is 0 Å². The number of unbranched alkanes of at least 4 members (excludes halogenated alkanes) is 11. The first-order valence-corrected chi connectivity index (χ1v) is 12.7. The molecule has 0 saturated heterocycles. The lowest BCUT2D eigenvalue weighted by molar-refractivity contribution is -0.488. The van der Waals surface area contributed by atoms with Crippen LogP contribution in [0.1, 0.15) is 84.0 Å². The van der Waals surface area contributed by atoms with Crippen molar-refractivity contribution in [3.8, 4) is 0 Å². The van der Waals surface area contributed by atoms with Gasteiger partial charge < -0.3 is 0 Å². The maximum Gasteiger partial charge on any atom is 0.281 e. The van der Waals surface area contributed by atoms with Gasteiger partial charge >= 0.3 is 0 Å². The van der Waals surface area contributed by atoms with Crippen molar-refractivity contribution in [2.75, 3.05) is 11.5 Å². The molecular formula is C25H39FN2P+. The molecule has 2 nitrogen and oxygen atoms in total. The van der Waals surface area contributed by atoms with Crippen LogP contribution in [0.3, 0.4) is 0 Å². The van der Waals surface area contributed by atoms with E-state index in [0.717, 1.165) is 5.82 Å². The van der Waals surface area contributed by atoms with Crippen molar-refractivity contribution < 1.29 is 8.73 Å². The summed E-state index contributed by atoms with van der Waals surface area (Å²) in [5.41, 5.74) is 0.530. The zero-order valence-corrected chi connectivity index (χ0v) is 19.1. The van der Waals surface area contributed by atoms with Crippen molar-refractivity contribution in [3.05, 3.63) is 54.5 Å². The molecule has 4 heteroatoms. The molecule has 2 rings (SSSR count). The highest BCUT2D eigenvalue weighted by atomic mass is 31.1. The Morgan fingerprint density at radius 1 is 0.759 bits per heavy atom. The maximum atomic E-state index is 13.9. The Labute approximate surface area is 179 Å². The molecule has 0 bridgehead atoms. The molecule has 0 aliphatic heterocycles. The van der Waals surface area contributed by atoms with Gasteiger partial charge in [0.15, 0.2) is 11.5 Å². The van der Waals surface area contributed by atoms with Crippen molar-refractivity contribution >= 4 is 20.2 Å². The minimum Gasteiger partial charge on any atom is -0.238 e. The van der Waals surface area contributed by atoms with Crippen LogP contribution in [0.25, 0.3) is 0 Å². The Morgan fingerprint density at radius 2 is 1.34 bits per heavy atom. The summed E-state index contributed by atoms with van der Waals surface area (Å²) in [7, 11) is 0.695. The number of anilines is 2. The van der Waals surface area contributed by atoms with Crippen molar-refractivity contribution in [2.45, 2.75) is 84.0 Å². The molecule has 0 fully saturated rings. The Bertz CT molecular complexity index is 677. The molecule has 160 valence electrons. The predicted octanol–water partition coefficient (Wildman–Crippen LogP) is 8.00. The fourth-order valence-electron chi connectivity index (χ4n) is 3.55. The summed E-state index contributed by atoms with van der Waals surface area (Å²) in [6.07, 6.45) is 19.9. The number of hydrogen-bond acceptors (Lipinski definition) is 1. The Balaban J connectivity index is 1.55. The first kappa shape index (κ1) is 23.8. The molecule has 1 aromatic heterocycles. The molecule has 29 heavy (non-hydrogen) atoms. The second-order valence-electron chi connectivity index (χ2n) is 7.86. The van der Waals surface area contributed by atoms with E-state index in [1.54, 1.807) is 12.1 Å². The number of nitrogens with zero attached hydrogens (tertiary/aromatic N) is 1. The van der Waals surface area contributed by atoms with Crippen molar-refractivity contribution in [2.24, 2.45) is 0 Å². The quantitative estimate of drug-likeness (QED) is 0.216. The second-order valence-corrected chi connectivity index (χ2v) is 9.16. The standard InChI is InChI=1S/C25H38FN2P/c1-2-3-4-5-6-7-8-9-10-11-12-17-22-29-28-21-16-15-20-25(28)27-24-19-14-13-18-23(24)26/h13-16,18-21,29H,2-12,17,22H2,1H3/p+1. The van der Waals surface area contributed by atoms with Gasteiger partial charge in [0.25, 0.3) is 5.82 Å². The SMILES string of the molecule is CCCCCCCCCCCCCCP[n+]1ccccc1Nc1ccccc1F. The van der Waals surface area contributed by atoms with Gasteiger partial charge in [-0.2, -0.15) is 0 Å². The van der Waals surface area contributed by atoms with Gasteiger partial charge in [-0.15, -0.1) is 0 Å². The number of benzene rings is 1. The van der Waals surface area contributed by atoms with Gasteiger partial charge in [0, 0.05) is 12.2 Å². The normalized spacial score (nSPS) is 11.4. The van der Waals surface area contributed by atoms with Gasteiger partial charge in [-0.1, -0.05) is 95.8 Å². The Kier molecular flexibility index (Phi) is 12.6. The smallest absolute Gasteiger partial charge is 0.238 e. The van der Waals surface area contributed by atoms with E-state index in [-0.39, 0.29) is 5.82 Å². The van der Waals surface area contributed by atoms with Crippen LogP contribution in [-0.4, -0.2) is 6.16 Å². The van der Waals surface area contributed by atoms with Gasteiger partial charge in [0.05, 0.1) is 14.9 Å². The molecule has 0 aliphatic carbocycles. The predicted molar refractivity (Wildman–Crippen MR) is 126 cm³/mol. The number of rotatable bonds is 16. The van der Waals surface area contributed by atoms with Crippen LogP contribution in [-0.2, 0) is 0 Å². The number of halogens is 1. The highest BCUT2D eigenvalue weighted by Crippen LogP contribution is 2.20. The number of aromatic nitrogens is 1. The summed E-state index contributed by atoms with van der Waals surface area (Å²) in [5.74, 6) is 0.738. The van der Waals surface area contributed by atoms with Crippen LogP contribution in [0, 0.1) is 5.82 Å². The molecule has 0 saturated carbocycles. The molecule has 1 atom stereocenters. The van der Waals surface area contributed by atoms with Gasteiger partial charge in [0.2, 0.25) is 0 Å². The van der Waals surface area contributed by atoms with Gasteiger partial charge in [-0.05, 0) is 24.6 Å². The topological polar surface area (TPSA) is 15.9 Å². The van der Waals surface area contributed by atoms with Gasteiger partial charge in [-0.25, -0.2) is 14.0 Å². The first-order chi connectivity index (χ1) is 14.3. The molecule has 0 aliphatic rings. The van der Waals surface area contributed by atoms with Crippen molar-refractivity contribution in [3.63, 3.8) is 0 Å². The zero-order valence-electron chi connectivity index (χ0n) is 18.1. The summed E-state index contributed by atoms with van der Waals surface area (Å²) >= 11 is 0. The Hall–Kier alpha value is -1.47. The molecule has 1 unspecified atom stereocenters. The minimum absolute atomic E-state index is 0.216. The van der Waals surface area contributed by atoms with E-state index in [2.05, 4.69) is 22.8 Å². The molecule has 1 aromatic carbocycles. The van der Waals surface area contributed by atoms with Crippen LogP contribution in [0.2, 0.25) is 0 Å². The molecule has 0 amide bonds. The fourth-order valence-corrected chi connectivity index (χ4v) is 4.69. The van der Waals surface area contributed by atoms with Gasteiger partial charge in [0.1, 0.15) is 0 Å². The minimum atomic E-state index is -0.216. The summed E-state index contributed by atoms with van der Waals surface area (Å²) in [5, 5.41) is 3.23. The van der Waals surface area contributed by atoms with E-state index in [1.165, 1.54) is 89.3 Å². The number of hydrogen-bond donors (Lipinski definition) is 1. The average Bonchev–Trinajstić information content (AvgIpc) is 2.74. The zero-order chi connectivity index (χ0) is 20.6. The lowest BCUT2D eigenvalue weighted by Gasteiger charge is -2.07. The highest BCUT2D eigenvalue weighted by molar-refractivity contribution is 7.30. The van der Waals surface area contributed by atoms with E-state index >= 15 is 0 Å². The van der Waals surface area contributed by atoms with Crippen LogP contribution in [0.15, 0.2) is 48.7 Å². The third-order valence-corrected chi connectivity index (χ3v) is 6.62. The summed E-state index contributed by atoms with van der Waals surface area (Å²) in [6, 6.07) is 12.9. The molecular weight excluding hydrogens is 378 g/mol. The van der Waals surface area contributed by atoms with Crippen LogP contribution in [0.5, 0.6) is 0 Å². The summed E-state index contributed by atoms with van der Waals surface area (Å²) < 4.78 is 16.1. The lowest BCUT2D eigenvalue weighted by atomic mass is 10.1. The highest BCUT2D eigenvalue weighted by Gasteiger charge is 2.11.